The minimum absolute atomic E-state index is 0.0954. The van der Waals surface area contributed by atoms with E-state index in [2.05, 4.69) is 15.2 Å². The third kappa shape index (κ3) is 4.00. The summed E-state index contributed by atoms with van der Waals surface area (Å²) in [6, 6.07) is 9.11. The third-order valence-electron chi connectivity index (χ3n) is 3.18. The maximum Gasteiger partial charge on any atom is 0.292 e. The van der Waals surface area contributed by atoms with E-state index in [1.807, 2.05) is 25.2 Å². The molecule has 6 heteroatoms. The van der Waals surface area contributed by atoms with Crippen LogP contribution in [-0.4, -0.2) is 28.9 Å². The van der Waals surface area contributed by atoms with Crippen LogP contribution in [0.25, 0.3) is 0 Å². The second-order valence-electron chi connectivity index (χ2n) is 4.89. The molecule has 1 aromatic carbocycles. The molecule has 0 atom stereocenters. The van der Waals surface area contributed by atoms with Gasteiger partial charge in [-0.15, -0.1) is 0 Å². The van der Waals surface area contributed by atoms with Crippen molar-refractivity contribution in [2.75, 3.05) is 19.4 Å². The fraction of sp³-hybridized carbons (Fsp3) is 0.267. The van der Waals surface area contributed by atoms with E-state index < -0.39 is 0 Å². The lowest BCUT2D eigenvalue weighted by molar-refractivity contribution is -0.384. The first kappa shape index (κ1) is 14.9. The Bertz CT molecular complexity index is 616. The molecule has 2 rings (SSSR count). The monoisotopic (exact) mass is 286 g/mol. The molecular formula is C15H18N4O2. The predicted molar refractivity (Wildman–Crippen MR) is 82.1 cm³/mol. The Morgan fingerprint density at radius 3 is 2.48 bits per heavy atom. The van der Waals surface area contributed by atoms with E-state index >= 15 is 0 Å². The Labute approximate surface area is 123 Å². The second-order valence-corrected chi connectivity index (χ2v) is 4.89. The summed E-state index contributed by atoms with van der Waals surface area (Å²) in [5.74, 6) is 0. The van der Waals surface area contributed by atoms with Crippen molar-refractivity contribution in [1.82, 2.24) is 9.88 Å². The minimum Gasteiger partial charge on any atom is -0.383 e. The number of aromatic nitrogens is 1. The van der Waals surface area contributed by atoms with E-state index in [0.29, 0.717) is 5.69 Å². The molecule has 1 aromatic heterocycles. The van der Waals surface area contributed by atoms with E-state index in [-0.39, 0.29) is 10.6 Å². The number of hydrogen-bond acceptors (Lipinski definition) is 5. The first-order valence-electron chi connectivity index (χ1n) is 6.62. The summed E-state index contributed by atoms with van der Waals surface area (Å²) in [6.45, 7) is 1.52. The molecule has 21 heavy (non-hydrogen) atoms. The van der Waals surface area contributed by atoms with E-state index in [9.17, 15) is 10.1 Å². The number of rotatable bonds is 6. The van der Waals surface area contributed by atoms with E-state index in [4.69, 9.17) is 0 Å². The van der Waals surface area contributed by atoms with Gasteiger partial charge in [-0.3, -0.25) is 20.0 Å². The zero-order valence-corrected chi connectivity index (χ0v) is 12.1. The maximum atomic E-state index is 10.9. The van der Waals surface area contributed by atoms with Gasteiger partial charge in [-0.25, -0.2) is 0 Å². The Hall–Kier alpha value is -2.47. The summed E-state index contributed by atoms with van der Waals surface area (Å²) in [5, 5.41) is 13.8. The molecule has 0 unspecified atom stereocenters. The van der Waals surface area contributed by atoms with Crippen molar-refractivity contribution in [2.45, 2.75) is 13.1 Å². The van der Waals surface area contributed by atoms with Gasteiger partial charge in [-0.05, 0) is 36.4 Å². The molecular weight excluding hydrogens is 268 g/mol. The van der Waals surface area contributed by atoms with E-state index in [1.165, 1.54) is 5.56 Å². The van der Waals surface area contributed by atoms with Crippen LogP contribution < -0.4 is 5.32 Å². The van der Waals surface area contributed by atoms with Gasteiger partial charge in [0.2, 0.25) is 0 Å². The minimum atomic E-state index is -0.379. The smallest absolute Gasteiger partial charge is 0.292 e. The van der Waals surface area contributed by atoms with E-state index in [0.717, 1.165) is 18.7 Å². The Balaban J connectivity index is 2.07. The van der Waals surface area contributed by atoms with Crippen molar-refractivity contribution in [2.24, 2.45) is 0 Å². The van der Waals surface area contributed by atoms with Crippen LogP contribution >= 0.6 is 0 Å². The lowest BCUT2D eigenvalue weighted by Gasteiger charge is -2.17. The van der Waals surface area contributed by atoms with Crippen molar-refractivity contribution in [1.29, 1.82) is 0 Å². The number of nitro benzene ring substituents is 1. The van der Waals surface area contributed by atoms with Crippen molar-refractivity contribution in [3.8, 4) is 0 Å². The predicted octanol–water partition coefficient (Wildman–Crippen LogP) is 2.66. The highest BCUT2D eigenvalue weighted by Gasteiger charge is 2.13. The van der Waals surface area contributed by atoms with Gasteiger partial charge in [0.25, 0.3) is 5.69 Å². The van der Waals surface area contributed by atoms with Crippen molar-refractivity contribution in [3.63, 3.8) is 0 Å². The number of anilines is 1. The second kappa shape index (κ2) is 6.81. The Morgan fingerprint density at radius 2 is 1.86 bits per heavy atom. The van der Waals surface area contributed by atoms with Gasteiger partial charge in [0.05, 0.1) is 4.92 Å². The SMILES string of the molecule is CNc1cc(CN(C)Cc2ccncc2)ccc1[N+](=O)[O-]. The first-order chi connectivity index (χ1) is 10.1. The zero-order valence-electron chi connectivity index (χ0n) is 12.1. The molecule has 0 spiro atoms. The van der Waals surface area contributed by atoms with Crippen LogP contribution in [0.15, 0.2) is 42.7 Å². The highest BCUT2D eigenvalue weighted by Crippen LogP contribution is 2.25. The van der Waals surface area contributed by atoms with Crippen LogP contribution in [0.4, 0.5) is 11.4 Å². The van der Waals surface area contributed by atoms with Crippen molar-refractivity contribution >= 4 is 11.4 Å². The summed E-state index contributed by atoms with van der Waals surface area (Å²) in [6.07, 6.45) is 3.54. The van der Waals surface area contributed by atoms with Gasteiger partial charge >= 0.3 is 0 Å². The molecule has 0 saturated heterocycles. The molecule has 1 heterocycles. The lowest BCUT2D eigenvalue weighted by atomic mass is 10.1. The Kier molecular flexibility index (Phi) is 4.84. The molecule has 6 nitrogen and oxygen atoms in total. The van der Waals surface area contributed by atoms with Gasteiger partial charge in [-0.1, -0.05) is 6.07 Å². The molecule has 0 aliphatic heterocycles. The zero-order chi connectivity index (χ0) is 15.2. The summed E-state index contributed by atoms with van der Waals surface area (Å²) < 4.78 is 0. The molecule has 110 valence electrons. The quantitative estimate of drug-likeness (QED) is 0.653. The van der Waals surface area contributed by atoms with Crippen LogP contribution in [0.2, 0.25) is 0 Å². The molecule has 0 fully saturated rings. The number of nitrogens with one attached hydrogen (secondary N) is 1. The van der Waals surface area contributed by atoms with Crippen LogP contribution in [0.5, 0.6) is 0 Å². The van der Waals surface area contributed by atoms with Crippen LogP contribution in [0, 0.1) is 10.1 Å². The molecule has 0 radical (unpaired) electrons. The number of pyridine rings is 1. The Morgan fingerprint density at radius 1 is 1.19 bits per heavy atom. The largest absolute Gasteiger partial charge is 0.383 e. The van der Waals surface area contributed by atoms with Gasteiger partial charge < -0.3 is 5.32 Å². The number of nitrogens with zero attached hydrogens (tertiary/aromatic N) is 3. The van der Waals surface area contributed by atoms with Crippen LogP contribution in [0.1, 0.15) is 11.1 Å². The van der Waals surface area contributed by atoms with Gasteiger partial charge in [0.15, 0.2) is 0 Å². The topological polar surface area (TPSA) is 71.3 Å². The maximum absolute atomic E-state index is 10.9. The lowest BCUT2D eigenvalue weighted by Crippen LogP contribution is -2.17. The van der Waals surface area contributed by atoms with Gasteiger partial charge in [0.1, 0.15) is 5.69 Å². The summed E-state index contributed by atoms with van der Waals surface area (Å²) in [7, 11) is 3.70. The van der Waals surface area contributed by atoms with Crippen LogP contribution in [-0.2, 0) is 13.1 Å². The average molecular weight is 286 g/mol. The summed E-state index contributed by atoms with van der Waals surface area (Å²) in [4.78, 5) is 16.7. The fourth-order valence-electron chi connectivity index (χ4n) is 2.21. The van der Waals surface area contributed by atoms with Gasteiger partial charge in [0, 0.05) is 38.6 Å². The molecule has 2 aromatic rings. The molecule has 0 bridgehead atoms. The first-order valence-corrected chi connectivity index (χ1v) is 6.62. The summed E-state index contributed by atoms with van der Waals surface area (Å²) >= 11 is 0. The summed E-state index contributed by atoms with van der Waals surface area (Å²) in [5.41, 5.74) is 2.85. The molecule has 0 aliphatic carbocycles. The van der Waals surface area contributed by atoms with Crippen molar-refractivity contribution in [3.05, 3.63) is 64.0 Å². The normalized spacial score (nSPS) is 10.6. The standard InChI is InChI=1S/C15H18N4O2/c1-16-14-9-13(3-4-15(14)19(20)21)11-18(2)10-12-5-7-17-8-6-12/h3-9,16H,10-11H2,1-2H3. The third-order valence-corrected chi connectivity index (χ3v) is 3.18. The number of nitro groups is 1. The number of benzene rings is 1. The molecule has 0 amide bonds. The van der Waals surface area contributed by atoms with Crippen molar-refractivity contribution < 1.29 is 4.92 Å². The van der Waals surface area contributed by atoms with Crippen LogP contribution in [0.3, 0.4) is 0 Å². The molecule has 1 N–H and O–H groups in total. The molecule has 0 saturated carbocycles. The average Bonchev–Trinajstić information content (AvgIpc) is 2.47. The van der Waals surface area contributed by atoms with E-state index in [1.54, 1.807) is 31.6 Å². The highest BCUT2D eigenvalue weighted by atomic mass is 16.6. The fourth-order valence-corrected chi connectivity index (χ4v) is 2.21. The molecule has 0 aliphatic rings. The number of hydrogen-bond donors (Lipinski definition) is 1. The highest BCUT2D eigenvalue weighted by molar-refractivity contribution is 5.62. The van der Waals surface area contributed by atoms with Gasteiger partial charge in [-0.2, -0.15) is 0 Å².